The number of halogens is 1. The zero-order chi connectivity index (χ0) is 23.7. The van der Waals surface area contributed by atoms with Crippen molar-refractivity contribution >= 4 is 34.4 Å². The molecule has 0 fully saturated rings. The van der Waals surface area contributed by atoms with Gasteiger partial charge in [0, 0.05) is 11.1 Å². The molecule has 0 aliphatic heterocycles. The fourth-order valence-electron chi connectivity index (χ4n) is 3.99. The molecule has 0 bridgehead atoms. The minimum absolute atomic E-state index is 0.1000. The van der Waals surface area contributed by atoms with Crippen molar-refractivity contribution in [1.82, 2.24) is 29.5 Å². The molecule has 5 aromatic rings. The number of amides is 1. The lowest BCUT2D eigenvalue weighted by molar-refractivity contribution is -0.117. The Kier molecular flexibility index (Phi) is 5.81. The van der Waals surface area contributed by atoms with Crippen LogP contribution in [-0.4, -0.2) is 35.4 Å². The molecule has 3 heterocycles. The Bertz CT molecular complexity index is 1460. The topological polar surface area (TPSA) is 90.5 Å². The first-order valence-corrected chi connectivity index (χ1v) is 11.3. The van der Waals surface area contributed by atoms with Gasteiger partial charge in [0.1, 0.15) is 12.1 Å². The fraction of sp³-hybridized carbons (Fsp3) is 0.160. The van der Waals surface area contributed by atoms with E-state index in [9.17, 15) is 4.79 Å². The van der Waals surface area contributed by atoms with E-state index in [0.29, 0.717) is 34.1 Å². The predicted octanol–water partition coefficient (Wildman–Crippen LogP) is 5.10. The van der Waals surface area contributed by atoms with Crippen LogP contribution in [0.4, 0.5) is 5.82 Å². The highest BCUT2D eigenvalue weighted by Crippen LogP contribution is 2.26. The second kappa shape index (κ2) is 9.07. The number of rotatable bonds is 6. The second-order valence-corrected chi connectivity index (χ2v) is 8.35. The van der Waals surface area contributed by atoms with Gasteiger partial charge in [-0.25, -0.2) is 14.6 Å². The van der Waals surface area contributed by atoms with Gasteiger partial charge in [-0.15, -0.1) is 0 Å². The highest BCUT2D eigenvalue weighted by Gasteiger charge is 2.22. The molecule has 9 heteroatoms. The molecule has 0 spiro atoms. The molecule has 0 aliphatic rings. The van der Waals surface area contributed by atoms with E-state index in [-0.39, 0.29) is 11.8 Å². The van der Waals surface area contributed by atoms with Crippen LogP contribution in [-0.2, 0) is 4.79 Å². The Labute approximate surface area is 201 Å². The molecule has 0 saturated heterocycles. The summed E-state index contributed by atoms with van der Waals surface area (Å²) in [7, 11) is 0. The van der Waals surface area contributed by atoms with Crippen molar-refractivity contribution in [3.05, 3.63) is 89.5 Å². The fourth-order valence-corrected chi connectivity index (χ4v) is 4.12. The molecule has 0 aliphatic carbocycles. The van der Waals surface area contributed by atoms with Gasteiger partial charge in [-0.3, -0.25) is 4.79 Å². The van der Waals surface area contributed by atoms with Gasteiger partial charge in [-0.2, -0.15) is 14.9 Å². The number of nitrogens with one attached hydrogen (secondary N) is 1. The van der Waals surface area contributed by atoms with E-state index in [1.54, 1.807) is 27.7 Å². The highest BCUT2D eigenvalue weighted by atomic mass is 35.5. The monoisotopic (exact) mass is 471 g/mol. The summed E-state index contributed by atoms with van der Waals surface area (Å²) < 4.78 is 3.34. The van der Waals surface area contributed by atoms with E-state index in [0.717, 1.165) is 16.9 Å². The van der Waals surface area contributed by atoms with Crippen molar-refractivity contribution in [1.29, 1.82) is 0 Å². The molecular weight excluding hydrogens is 450 g/mol. The summed E-state index contributed by atoms with van der Waals surface area (Å²) in [6.07, 6.45) is 3.84. The molecule has 1 N–H and O–H groups in total. The second-order valence-electron chi connectivity index (χ2n) is 7.91. The number of nitrogens with zero attached hydrogens (tertiary/aromatic N) is 6. The molecular formula is C25H22ClN7O. The Morgan fingerprint density at radius 1 is 1.06 bits per heavy atom. The normalized spacial score (nSPS) is 12.1. The summed E-state index contributed by atoms with van der Waals surface area (Å²) >= 11 is 6.03. The Morgan fingerprint density at radius 3 is 2.56 bits per heavy atom. The third-order valence-corrected chi connectivity index (χ3v) is 5.88. The van der Waals surface area contributed by atoms with Crippen molar-refractivity contribution in [2.75, 3.05) is 5.32 Å². The molecule has 1 atom stereocenters. The van der Waals surface area contributed by atoms with E-state index in [2.05, 4.69) is 25.5 Å². The molecule has 3 aromatic heterocycles. The molecule has 0 unspecified atom stereocenters. The van der Waals surface area contributed by atoms with Crippen LogP contribution < -0.4 is 5.32 Å². The lowest BCUT2D eigenvalue weighted by atomic mass is 9.96. The number of hydrogen-bond donors (Lipinski definition) is 1. The van der Waals surface area contributed by atoms with E-state index in [4.69, 9.17) is 11.6 Å². The third-order valence-electron chi connectivity index (χ3n) is 5.63. The van der Waals surface area contributed by atoms with E-state index < -0.39 is 0 Å². The number of anilines is 1. The van der Waals surface area contributed by atoms with Gasteiger partial charge in [-0.05, 0) is 43.2 Å². The smallest absolute Gasteiger partial charge is 0.233 e. The first-order chi connectivity index (χ1) is 16.5. The van der Waals surface area contributed by atoms with Crippen molar-refractivity contribution < 1.29 is 4.79 Å². The average Bonchev–Trinajstić information content (AvgIpc) is 3.44. The number of carbonyl (C=O) groups is 1. The van der Waals surface area contributed by atoms with Gasteiger partial charge in [0.2, 0.25) is 5.91 Å². The number of hydrogen-bond acceptors (Lipinski definition) is 5. The zero-order valence-electron chi connectivity index (χ0n) is 18.7. The van der Waals surface area contributed by atoms with Gasteiger partial charge in [0.15, 0.2) is 11.5 Å². The number of aryl methyl sites for hydroxylation is 1. The van der Waals surface area contributed by atoms with Crippen LogP contribution in [0.3, 0.4) is 0 Å². The summed E-state index contributed by atoms with van der Waals surface area (Å²) in [6, 6.07) is 18.9. The van der Waals surface area contributed by atoms with Crippen molar-refractivity contribution in [2.45, 2.75) is 26.2 Å². The standard InChI is InChI=1S/C25H22ClN7O/c1-3-20(17-7-5-4-6-8-17)25(34)30-22-13-16(2)31-33(22)24-21-14-29-32(23(21)27-15-28-24)19-11-9-18(26)10-12-19/h4-15,20H,3H2,1-2H3,(H,30,34)/t20-/m1/s1. The zero-order valence-corrected chi connectivity index (χ0v) is 19.4. The minimum Gasteiger partial charge on any atom is -0.310 e. The summed E-state index contributed by atoms with van der Waals surface area (Å²) in [5, 5.41) is 13.5. The van der Waals surface area contributed by atoms with E-state index in [1.165, 1.54) is 6.33 Å². The van der Waals surface area contributed by atoms with Crippen molar-refractivity contribution in [3.8, 4) is 11.5 Å². The van der Waals surface area contributed by atoms with Gasteiger partial charge in [0.25, 0.3) is 0 Å². The quantitative estimate of drug-likeness (QED) is 0.372. The van der Waals surface area contributed by atoms with Crippen LogP contribution in [0.5, 0.6) is 0 Å². The Hall–Kier alpha value is -4.04. The van der Waals surface area contributed by atoms with Crippen molar-refractivity contribution in [2.24, 2.45) is 0 Å². The molecule has 5 rings (SSSR count). The van der Waals surface area contributed by atoms with Gasteiger partial charge >= 0.3 is 0 Å². The van der Waals surface area contributed by atoms with Crippen molar-refractivity contribution in [3.63, 3.8) is 0 Å². The van der Waals surface area contributed by atoms with E-state index >= 15 is 0 Å². The Morgan fingerprint density at radius 2 is 1.82 bits per heavy atom. The van der Waals surface area contributed by atoms with Gasteiger partial charge < -0.3 is 5.32 Å². The van der Waals surface area contributed by atoms with Gasteiger partial charge in [-0.1, -0.05) is 48.9 Å². The number of fused-ring (bicyclic) bond motifs is 1. The summed E-state index contributed by atoms with van der Waals surface area (Å²) in [4.78, 5) is 22.1. The van der Waals surface area contributed by atoms with Crippen LogP contribution in [0.25, 0.3) is 22.5 Å². The molecule has 170 valence electrons. The van der Waals surface area contributed by atoms with Gasteiger partial charge in [0.05, 0.1) is 28.9 Å². The predicted molar refractivity (Wildman–Crippen MR) is 132 cm³/mol. The number of carbonyl (C=O) groups excluding carboxylic acids is 1. The maximum Gasteiger partial charge on any atom is 0.233 e. The lowest BCUT2D eigenvalue weighted by Gasteiger charge is -2.16. The summed E-state index contributed by atoms with van der Waals surface area (Å²) in [6.45, 7) is 3.87. The molecule has 1 amide bonds. The maximum absolute atomic E-state index is 13.2. The highest BCUT2D eigenvalue weighted by molar-refractivity contribution is 6.30. The first kappa shape index (κ1) is 21.8. The number of aromatic nitrogens is 6. The van der Waals surface area contributed by atoms with Crippen LogP contribution in [0.1, 0.15) is 30.5 Å². The largest absolute Gasteiger partial charge is 0.310 e. The molecule has 2 aromatic carbocycles. The van der Waals surface area contributed by atoms with Crippen LogP contribution in [0.2, 0.25) is 5.02 Å². The van der Waals surface area contributed by atoms with Crippen LogP contribution in [0, 0.1) is 6.92 Å². The molecule has 8 nitrogen and oxygen atoms in total. The maximum atomic E-state index is 13.2. The third kappa shape index (κ3) is 4.04. The SMILES string of the molecule is CC[C@@H](C(=O)Nc1cc(C)nn1-c1ncnc2c1cnn2-c1ccc(Cl)cc1)c1ccccc1. The van der Waals surface area contributed by atoms with Crippen LogP contribution in [0.15, 0.2) is 73.2 Å². The van der Waals surface area contributed by atoms with Crippen LogP contribution >= 0.6 is 11.6 Å². The Balaban J connectivity index is 1.53. The number of benzene rings is 2. The summed E-state index contributed by atoms with van der Waals surface area (Å²) in [5.41, 5.74) is 3.16. The molecule has 34 heavy (non-hydrogen) atoms. The minimum atomic E-state index is -0.275. The van der Waals surface area contributed by atoms with E-state index in [1.807, 2.05) is 62.4 Å². The average molecular weight is 472 g/mol. The first-order valence-electron chi connectivity index (χ1n) is 10.9. The summed E-state index contributed by atoms with van der Waals surface area (Å²) in [5.74, 6) is 0.692. The molecule has 0 radical (unpaired) electrons. The molecule has 0 saturated carbocycles. The lowest BCUT2D eigenvalue weighted by Crippen LogP contribution is -2.22.